The quantitative estimate of drug-likeness (QED) is 0.888. The summed E-state index contributed by atoms with van der Waals surface area (Å²) < 4.78 is 0. The van der Waals surface area contributed by atoms with Crippen LogP contribution in [0.1, 0.15) is 23.4 Å². The van der Waals surface area contributed by atoms with Crippen molar-refractivity contribution in [2.24, 2.45) is 0 Å². The van der Waals surface area contributed by atoms with Gasteiger partial charge in [0.15, 0.2) is 0 Å². The van der Waals surface area contributed by atoms with E-state index < -0.39 is 0 Å². The number of carbonyl (C=O) groups excluding carboxylic acids is 1. The van der Waals surface area contributed by atoms with Crippen LogP contribution in [0.15, 0.2) is 35.7 Å². The van der Waals surface area contributed by atoms with E-state index in [2.05, 4.69) is 23.7 Å². The third-order valence-corrected chi connectivity index (χ3v) is 5.00. The topological polar surface area (TPSA) is 32.3 Å². The lowest BCUT2D eigenvalue weighted by Crippen LogP contribution is -2.32. The maximum absolute atomic E-state index is 12.2. The molecule has 1 aromatic carbocycles. The summed E-state index contributed by atoms with van der Waals surface area (Å²) in [6, 6.07) is 9.85. The highest BCUT2D eigenvalue weighted by Gasteiger charge is 2.16. The highest BCUT2D eigenvalue weighted by atomic mass is 35.5. The van der Waals surface area contributed by atoms with Crippen molar-refractivity contribution in [2.75, 3.05) is 18.9 Å². The Bertz CT molecular complexity index is 613. The lowest BCUT2D eigenvalue weighted by Gasteiger charge is -2.23. The molecule has 0 fully saturated rings. The molecule has 5 heteroatoms. The van der Waals surface area contributed by atoms with Gasteiger partial charge in [-0.3, -0.25) is 9.69 Å². The highest BCUT2D eigenvalue weighted by molar-refractivity contribution is 7.10. The number of halogens is 1. The molecule has 112 valence electrons. The van der Waals surface area contributed by atoms with Gasteiger partial charge in [0.25, 0.3) is 0 Å². The Hall–Kier alpha value is -1.36. The lowest BCUT2D eigenvalue weighted by atomic mass is 10.2. The first kappa shape index (κ1) is 16.0. The van der Waals surface area contributed by atoms with Crippen molar-refractivity contribution in [1.29, 1.82) is 0 Å². The summed E-state index contributed by atoms with van der Waals surface area (Å²) in [5.41, 5.74) is 1.66. The molecule has 21 heavy (non-hydrogen) atoms. The van der Waals surface area contributed by atoms with Crippen molar-refractivity contribution >= 4 is 34.5 Å². The van der Waals surface area contributed by atoms with E-state index >= 15 is 0 Å². The fourth-order valence-electron chi connectivity index (χ4n) is 2.04. The first-order valence-corrected chi connectivity index (χ1v) is 8.03. The molecule has 2 aromatic rings. The van der Waals surface area contributed by atoms with E-state index in [9.17, 15) is 4.79 Å². The third kappa shape index (κ3) is 4.06. The maximum Gasteiger partial charge on any atom is 0.238 e. The van der Waals surface area contributed by atoms with E-state index in [0.717, 1.165) is 11.3 Å². The van der Waals surface area contributed by atoms with E-state index in [0.29, 0.717) is 11.6 Å². The third-order valence-electron chi connectivity index (χ3n) is 3.55. The number of anilines is 1. The van der Waals surface area contributed by atoms with Crippen molar-refractivity contribution in [1.82, 2.24) is 4.90 Å². The second kappa shape index (κ2) is 7.07. The molecule has 0 aliphatic carbocycles. The monoisotopic (exact) mass is 322 g/mol. The maximum atomic E-state index is 12.2. The van der Waals surface area contributed by atoms with Crippen LogP contribution in [0.2, 0.25) is 5.02 Å². The summed E-state index contributed by atoms with van der Waals surface area (Å²) in [5.74, 6) is -0.0359. The zero-order chi connectivity index (χ0) is 15.4. The Morgan fingerprint density at radius 2 is 2.14 bits per heavy atom. The molecule has 1 unspecified atom stereocenters. The van der Waals surface area contributed by atoms with Crippen molar-refractivity contribution in [3.63, 3.8) is 0 Å². The number of likely N-dealkylation sites (N-methyl/N-ethyl adjacent to an activating group) is 1. The molecular formula is C16H19ClN2OS. The zero-order valence-electron chi connectivity index (χ0n) is 12.4. The molecule has 2 rings (SSSR count). The number of nitrogens with zero attached hydrogens (tertiary/aromatic N) is 1. The molecule has 1 aromatic heterocycles. The summed E-state index contributed by atoms with van der Waals surface area (Å²) >= 11 is 7.76. The molecule has 0 aliphatic rings. The summed E-state index contributed by atoms with van der Waals surface area (Å²) in [6.45, 7) is 4.34. The van der Waals surface area contributed by atoms with Crippen LogP contribution in [0.3, 0.4) is 0 Å². The van der Waals surface area contributed by atoms with Crippen molar-refractivity contribution in [3.05, 3.63) is 51.2 Å². The van der Waals surface area contributed by atoms with Gasteiger partial charge in [0, 0.05) is 21.6 Å². The lowest BCUT2D eigenvalue weighted by molar-refractivity contribution is -0.117. The summed E-state index contributed by atoms with van der Waals surface area (Å²) in [5, 5.41) is 5.63. The number of nitrogens with one attached hydrogen (secondary N) is 1. The molecule has 1 amide bonds. The predicted molar refractivity (Wildman–Crippen MR) is 90.2 cm³/mol. The number of benzene rings is 1. The minimum atomic E-state index is -0.0359. The minimum Gasteiger partial charge on any atom is -0.325 e. The zero-order valence-corrected chi connectivity index (χ0v) is 14.0. The van der Waals surface area contributed by atoms with Crippen LogP contribution in [0.5, 0.6) is 0 Å². The van der Waals surface area contributed by atoms with E-state index in [1.54, 1.807) is 11.3 Å². The number of thiophene rings is 1. The standard InChI is InChI=1S/C16H19ClN2OS/c1-11-13(17)6-4-7-14(11)18-16(20)10-19(3)12(2)15-8-5-9-21-15/h4-9,12H,10H2,1-3H3,(H,18,20). The van der Waals surface area contributed by atoms with Crippen molar-refractivity contribution in [3.8, 4) is 0 Å². The van der Waals surface area contributed by atoms with Gasteiger partial charge in [0.05, 0.1) is 6.54 Å². The highest BCUT2D eigenvalue weighted by Crippen LogP contribution is 2.24. The molecule has 1 heterocycles. The fourth-order valence-corrected chi connectivity index (χ4v) is 3.07. The molecule has 1 N–H and O–H groups in total. The van der Waals surface area contributed by atoms with Crippen molar-refractivity contribution in [2.45, 2.75) is 19.9 Å². The van der Waals surface area contributed by atoms with Crippen LogP contribution in [0, 0.1) is 6.92 Å². The van der Waals surface area contributed by atoms with Gasteiger partial charge in [-0.15, -0.1) is 11.3 Å². The molecule has 0 radical (unpaired) electrons. The van der Waals surface area contributed by atoms with E-state index in [1.807, 2.05) is 43.1 Å². The van der Waals surface area contributed by atoms with Gasteiger partial charge in [-0.2, -0.15) is 0 Å². The van der Waals surface area contributed by atoms with E-state index in [4.69, 9.17) is 11.6 Å². The van der Waals surface area contributed by atoms with Gasteiger partial charge >= 0.3 is 0 Å². The first-order chi connectivity index (χ1) is 9.99. The predicted octanol–water partition coefficient (Wildman–Crippen LogP) is 4.34. The Labute approximate surface area is 134 Å². The van der Waals surface area contributed by atoms with Crippen LogP contribution in [0.4, 0.5) is 5.69 Å². The molecule has 0 aliphatic heterocycles. The molecule has 0 saturated heterocycles. The van der Waals surface area contributed by atoms with Crippen LogP contribution >= 0.6 is 22.9 Å². The summed E-state index contributed by atoms with van der Waals surface area (Å²) in [4.78, 5) is 15.5. The van der Waals surface area contributed by atoms with Crippen LogP contribution in [-0.4, -0.2) is 24.4 Å². The van der Waals surface area contributed by atoms with Crippen LogP contribution < -0.4 is 5.32 Å². The van der Waals surface area contributed by atoms with Gasteiger partial charge in [-0.25, -0.2) is 0 Å². The molecule has 0 saturated carbocycles. The SMILES string of the molecule is Cc1c(Cl)cccc1NC(=O)CN(C)C(C)c1cccs1. The van der Waals surface area contributed by atoms with Gasteiger partial charge in [-0.05, 0) is 50.0 Å². The summed E-state index contributed by atoms with van der Waals surface area (Å²) in [6.07, 6.45) is 0. The van der Waals surface area contributed by atoms with Gasteiger partial charge in [-0.1, -0.05) is 23.7 Å². The second-order valence-corrected chi connectivity index (χ2v) is 6.45. The number of amides is 1. The smallest absolute Gasteiger partial charge is 0.238 e. The van der Waals surface area contributed by atoms with Gasteiger partial charge in [0.2, 0.25) is 5.91 Å². The Morgan fingerprint density at radius 1 is 1.38 bits per heavy atom. The molecule has 1 atom stereocenters. The molecular weight excluding hydrogens is 304 g/mol. The van der Waals surface area contributed by atoms with Crippen LogP contribution in [0.25, 0.3) is 0 Å². The van der Waals surface area contributed by atoms with E-state index in [-0.39, 0.29) is 11.9 Å². The number of carbonyl (C=O) groups is 1. The summed E-state index contributed by atoms with van der Waals surface area (Å²) in [7, 11) is 1.95. The molecule has 0 bridgehead atoms. The average Bonchev–Trinajstić information content (AvgIpc) is 2.97. The second-order valence-electron chi connectivity index (χ2n) is 5.07. The Balaban J connectivity index is 1.97. The van der Waals surface area contributed by atoms with Crippen LogP contribution in [-0.2, 0) is 4.79 Å². The first-order valence-electron chi connectivity index (χ1n) is 6.77. The number of hydrogen-bond donors (Lipinski definition) is 1. The normalized spacial score (nSPS) is 12.4. The average molecular weight is 323 g/mol. The van der Waals surface area contributed by atoms with Gasteiger partial charge < -0.3 is 5.32 Å². The minimum absolute atomic E-state index is 0.0359. The Kier molecular flexibility index (Phi) is 5.39. The Morgan fingerprint density at radius 3 is 2.81 bits per heavy atom. The molecule has 0 spiro atoms. The van der Waals surface area contributed by atoms with E-state index in [1.165, 1.54) is 4.88 Å². The largest absolute Gasteiger partial charge is 0.325 e. The molecule has 3 nitrogen and oxygen atoms in total. The number of rotatable bonds is 5. The van der Waals surface area contributed by atoms with Gasteiger partial charge in [0.1, 0.15) is 0 Å². The fraction of sp³-hybridized carbons (Fsp3) is 0.312. The number of hydrogen-bond acceptors (Lipinski definition) is 3. The van der Waals surface area contributed by atoms with Crippen molar-refractivity contribution < 1.29 is 4.79 Å².